The molecule has 0 spiro atoms. The van der Waals surface area contributed by atoms with E-state index in [0.717, 1.165) is 12.6 Å². The summed E-state index contributed by atoms with van der Waals surface area (Å²) in [6.45, 7) is 14.2. The van der Waals surface area contributed by atoms with Crippen molar-refractivity contribution < 1.29 is 0 Å². The van der Waals surface area contributed by atoms with E-state index in [9.17, 15) is 0 Å². The molecule has 0 aliphatic heterocycles. The summed E-state index contributed by atoms with van der Waals surface area (Å²) in [5.74, 6) is 0. The predicted octanol–water partition coefficient (Wildman–Crippen LogP) is 3.67. The van der Waals surface area contributed by atoms with Crippen LogP contribution >= 0.6 is 0 Å². The fraction of sp³-hybridized carbons (Fsp3) is 1.00. The SMILES string of the molecule is CCCNCC(C)(CC)CN(CC)C1CCCC1. The summed E-state index contributed by atoms with van der Waals surface area (Å²) >= 11 is 0. The molecule has 2 nitrogen and oxygen atoms in total. The van der Waals surface area contributed by atoms with E-state index in [1.165, 1.54) is 58.2 Å². The molecule has 0 amide bonds. The first-order valence-corrected chi connectivity index (χ1v) is 8.10. The summed E-state index contributed by atoms with van der Waals surface area (Å²) < 4.78 is 0. The van der Waals surface area contributed by atoms with Crippen molar-refractivity contribution in [3.8, 4) is 0 Å². The van der Waals surface area contributed by atoms with Crippen LogP contribution in [0, 0.1) is 5.41 Å². The average Bonchev–Trinajstić information content (AvgIpc) is 2.90. The molecule has 1 aliphatic rings. The van der Waals surface area contributed by atoms with Gasteiger partial charge in [0.1, 0.15) is 0 Å². The van der Waals surface area contributed by atoms with Gasteiger partial charge in [-0.1, -0.05) is 40.5 Å². The summed E-state index contributed by atoms with van der Waals surface area (Å²) in [4.78, 5) is 2.74. The number of hydrogen-bond donors (Lipinski definition) is 1. The van der Waals surface area contributed by atoms with Gasteiger partial charge in [-0.25, -0.2) is 0 Å². The number of nitrogens with one attached hydrogen (secondary N) is 1. The topological polar surface area (TPSA) is 15.3 Å². The molecular weight excluding hydrogens is 220 g/mol. The second-order valence-corrected chi connectivity index (χ2v) is 6.34. The molecule has 0 radical (unpaired) electrons. The standard InChI is InChI=1S/C16H34N2/c1-5-12-17-13-16(4,6-2)14-18(7-3)15-10-8-9-11-15/h15,17H,5-14H2,1-4H3. The zero-order chi connectivity index (χ0) is 13.4. The molecule has 0 saturated heterocycles. The van der Waals surface area contributed by atoms with E-state index >= 15 is 0 Å². The van der Waals surface area contributed by atoms with E-state index in [2.05, 4.69) is 37.9 Å². The maximum absolute atomic E-state index is 3.62. The fourth-order valence-corrected chi connectivity index (χ4v) is 3.12. The molecule has 1 saturated carbocycles. The Balaban J connectivity index is 2.46. The van der Waals surface area contributed by atoms with E-state index in [4.69, 9.17) is 0 Å². The Morgan fingerprint density at radius 3 is 2.33 bits per heavy atom. The third-order valence-corrected chi connectivity index (χ3v) is 4.66. The summed E-state index contributed by atoms with van der Waals surface area (Å²) in [5, 5.41) is 3.62. The van der Waals surface area contributed by atoms with E-state index in [1.54, 1.807) is 0 Å². The second kappa shape index (κ2) is 8.16. The van der Waals surface area contributed by atoms with Crippen molar-refractivity contribution in [3.05, 3.63) is 0 Å². The van der Waals surface area contributed by atoms with E-state index in [1.807, 2.05) is 0 Å². The lowest BCUT2D eigenvalue weighted by molar-refractivity contribution is 0.120. The van der Waals surface area contributed by atoms with Gasteiger partial charge in [0.15, 0.2) is 0 Å². The fourth-order valence-electron chi connectivity index (χ4n) is 3.12. The van der Waals surface area contributed by atoms with Crippen LogP contribution in [0.25, 0.3) is 0 Å². The first kappa shape index (κ1) is 16.0. The first-order valence-electron chi connectivity index (χ1n) is 8.10. The summed E-state index contributed by atoms with van der Waals surface area (Å²) in [6.07, 6.45) is 8.25. The van der Waals surface area contributed by atoms with Crippen molar-refractivity contribution >= 4 is 0 Å². The molecule has 1 fully saturated rings. The quantitative estimate of drug-likeness (QED) is 0.632. The molecule has 0 aromatic rings. The molecule has 0 aromatic heterocycles. The van der Waals surface area contributed by atoms with Crippen molar-refractivity contribution in [2.75, 3.05) is 26.2 Å². The third-order valence-electron chi connectivity index (χ3n) is 4.66. The lowest BCUT2D eigenvalue weighted by Gasteiger charge is -2.38. The van der Waals surface area contributed by atoms with Crippen LogP contribution in [0.2, 0.25) is 0 Å². The highest BCUT2D eigenvalue weighted by Crippen LogP contribution is 2.28. The molecule has 108 valence electrons. The minimum absolute atomic E-state index is 0.438. The Bertz CT molecular complexity index is 211. The Hall–Kier alpha value is -0.0800. The van der Waals surface area contributed by atoms with Gasteiger partial charge in [-0.3, -0.25) is 0 Å². The van der Waals surface area contributed by atoms with Crippen molar-refractivity contribution in [1.29, 1.82) is 0 Å². The zero-order valence-corrected chi connectivity index (χ0v) is 13.1. The highest BCUT2D eigenvalue weighted by atomic mass is 15.2. The maximum Gasteiger partial charge on any atom is 0.00953 e. The normalized spacial score (nSPS) is 20.5. The number of nitrogens with zero attached hydrogens (tertiary/aromatic N) is 1. The molecule has 1 rings (SSSR count). The van der Waals surface area contributed by atoms with Crippen LogP contribution in [-0.2, 0) is 0 Å². The van der Waals surface area contributed by atoms with Gasteiger partial charge < -0.3 is 10.2 Å². The Morgan fingerprint density at radius 2 is 1.83 bits per heavy atom. The van der Waals surface area contributed by atoms with E-state index in [0.29, 0.717) is 5.41 Å². The number of rotatable bonds is 9. The van der Waals surface area contributed by atoms with Gasteiger partial charge in [0.2, 0.25) is 0 Å². The molecule has 1 atom stereocenters. The molecule has 2 heteroatoms. The van der Waals surface area contributed by atoms with Crippen LogP contribution in [0.5, 0.6) is 0 Å². The van der Waals surface area contributed by atoms with Gasteiger partial charge in [0.05, 0.1) is 0 Å². The lowest BCUT2D eigenvalue weighted by atomic mass is 9.86. The van der Waals surface area contributed by atoms with Crippen LogP contribution in [0.1, 0.15) is 66.2 Å². The molecule has 18 heavy (non-hydrogen) atoms. The highest BCUT2D eigenvalue weighted by molar-refractivity contribution is 4.84. The summed E-state index contributed by atoms with van der Waals surface area (Å²) in [7, 11) is 0. The molecule has 1 aliphatic carbocycles. The average molecular weight is 254 g/mol. The maximum atomic E-state index is 3.62. The van der Waals surface area contributed by atoms with Gasteiger partial charge in [0, 0.05) is 19.1 Å². The van der Waals surface area contributed by atoms with Gasteiger partial charge in [-0.15, -0.1) is 0 Å². The first-order chi connectivity index (χ1) is 8.65. The smallest absolute Gasteiger partial charge is 0.00953 e. The van der Waals surface area contributed by atoms with Gasteiger partial charge >= 0.3 is 0 Å². The minimum Gasteiger partial charge on any atom is -0.316 e. The van der Waals surface area contributed by atoms with Crippen molar-refractivity contribution in [2.24, 2.45) is 5.41 Å². The Labute approximate surface area is 115 Å². The van der Waals surface area contributed by atoms with Gasteiger partial charge in [-0.05, 0) is 44.2 Å². The molecule has 1 unspecified atom stereocenters. The van der Waals surface area contributed by atoms with Crippen molar-refractivity contribution in [2.45, 2.75) is 72.3 Å². The molecule has 0 bridgehead atoms. The number of hydrogen-bond acceptors (Lipinski definition) is 2. The lowest BCUT2D eigenvalue weighted by Crippen LogP contribution is -2.45. The molecule has 0 aromatic carbocycles. The van der Waals surface area contributed by atoms with Gasteiger partial charge in [-0.2, -0.15) is 0 Å². The Kier molecular flexibility index (Phi) is 7.25. The van der Waals surface area contributed by atoms with Gasteiger partial charge in [0.25, 0.3) is 0 Å². The van der Waals surface area contributed by atoms with Crippen molar-refractivity contribution in [3.63, 3.8) is 0 Å². The van der Waals surface area contributed by atoms with Crippen LogP contribution in [0.4, 0.5) is 0 Å². The van der Waals surface area contributed by atoms with Crippen LogP contribution in [-0.4, -0.2) is 37.1 Å². The van der Waals surface area contributed by atoms with E-state index in [-0.39, 0.29) is 0 Å². The van der Waals surface area contributed by atoms with Crippen LogP contribution < -0.4 is 5.32 Å². The highest BCUT2D eigenvalue weighted by Gasteiger charge is 2.29. The van der Waals surface area contributed by atoms with Crippen LogP contribution in [0.15, 0.2) is 0 Å². The third kappa shape index (κ3) is 4.89. The summed E-state index contributed by atoms with van der Waals surface area (Å²) in [5.41, 5.74) is 0.438. The molecule has 0 heterocycles. The molecular formula is C16H34N2. The second-order valence-electron chi connectivity index (χ2n) is 6.34. The monoisotopic (exact) mass is 254 g/mol. The minimum atomic E-state index is 0.438. The van der Waals surface area contributed by atoms with Crippen LogP contribution in [0.3, 0.4) is 0 Å². The predicted molar refractivity (Wildman–Crippen MR) is 81.1 cm³/mol. The largest absolute Gasteiger partial charge is 0.316 e. The summed E-state index contributed by atoms with van der Waals surface area (Å²) in [6, 6.07) is 0.868. The van der Waals surface area contributed by atoms with Crippen molar-refractivity contribution in [1.82, 2.24) is 10.2 Å². The zero-order valence-electron chi connectivity index (χ0n) is 13.1. The Morgan fingerprint density at radius 1 is 1.17 bits per heavy atom. The van der Waals surface area contributed by atoms with E-state index < -0.39 is 0 Å². The molecule has 1 N–H and O–H groups in total.